The minimum absolute atomic E-state index is 0.0598. The van der Waals surface area contributed by atoms with E-state index < -0.39 is 12.1 Å². The maximum Gasteiger partial charge on any atom is 0.227 e. The number of alkyl halides is 1. The maximum atomic E-state index is 13.7. The lowest BCUT2D eigenvalue weighted by Crippen LogP contribution is -2.62. The van der Waals surface area contributed by atoms with E-state index in [0.717, 1.165) is 38.8 Å². The van der Waals surface area contributed by atoms with Gasteiger partial charge in [0.25, 0.3) is 0 Å². The fourth-order valence-corrected chi connectivity index (χ4v) is 6.38. The molecule has 0 aromatic heterocycles. The van der Waals surface area contributed by atoms with Crippen molar-refractivity contribution in [2.45, 2.75) is 87.5 Å². The summed E-state index contributed by atoms with van der Waals surface area (Å²) in [5, 5.41) is 10.3. The predicted octanol–water partition coefficient (Wildman–Crippen LogP) is 0.988. The molecule has 1 spiro atoms. The lowest BCUT2D eigenvalue weighted by molar-refractivity contribution is -0.129. The Hall–Kier alpha value is -0.520. The van der Waals surface area contributed by atoms with Crippen LogP contribution in [-0.4, -0.2) is 101 Å². The predicted molar refractivity (Wildman–Crippen MR) is 145 cm³/mol. The number of piperidine rings is 1. The fraction of sp³-hybridized carbons (Fsp3) is 0.962. The molecule has 3 aliphatic rings. The molecule has 2 aliphatic heterocycles. The Morgan fingerprint density at radius 3 is 2.61 bits per heavy atom. The monoisotopic (exact) mass is 530 g/mol. The number of likely N-dealkylation sites (N-methyl/N-ethyl adjacent to an activating group) is 1. The van der Waals surface area contributed by atoms with E-state index in [1.54, 1.807) is 0 Å². The number of nitrogens with zero attached hydrogens (tertiary/aromatic N) is 1. The number of hydrogen-bond acceptors (Lipinski definition) is 8. The van der Waals surface area contributed by atoms with Crippen molar-refractivity contribution < 1.29 is 14.3 Å². The Bertz CT molecular complexity index is 649. The number of carbonyl (C=O) groups excluding carboxylic acids is 1. The number of nitrogens with two attached hydrogens (primary N) is 2. The summed E-state index contributed by atoms with van der Waals surface area (Å²) in [4.78, 5) is 15.8. The highest BCUT2D eigenvalue weighted by Gasteiger charge is 2.42. The van der Waals surface area contributed by atoms with Gasteiger partial charge < -0.3 is 41.8 Å². The van der Waals surface area contributed by atoms with Gasteiger partial charge in [-0.1, -0.05) is 19.3 Å². The lowest BCUT2D eigenvalue weighted by Gasteiger charge is -2.45. The second-order valence-corrected chi connectivity index (χ2v) is 12.1. The molecular weight excluding hydrogens is 480 g/mol. The van der Waals surface area contributed by atoms with Crippen LogP contribution in [0.15, 0.2) is 0 Å². The molecule has 0 bridgehead atoms. The summed E-state index contributed by atoms with van der Waals surface area (Å²) in [7, 11) is 4.05. The summed E-state index contributed by atoms with van der Waals surface area (Å²) in [6.45, 7) is 4.81. The molecule has 3 fully saturated rings. The van der Waals surface area contributed by atoms with Gasteiger partial charge in [0.1, 0.15) is 0 Å². The average molecular weight is 531 g/mol. The van der Waals surface area contributed by atoms with Crippen molar-refractivity contribution in [1.29, 1.82) is 0 Å². The van der Waals surface area contributed by atoms with Gasteiger partial charge in [-0.15, -0.1) is 11.6 Å². The van der Waals surface area contributed by atoms with Gasteiger partial charge in [-0.2, -0.15) is 0 Å². The molecule has 2 saturated heterocycles. The number of amides is 1. The largest absolute Gasteiger partial charge is 0.378 e. The SMILES string of the molecule is CN(C)CCOCCOC1CCNCC1NC(=O)C(C(N)N)C1CC2(CCCCC2)CCC(Cl)CN1. The summed E-state index contributed by atoms with van der Waals surface area (Å²) in [5.41, 5.74) is 12.8. The second kappa shape index (κ2) is 15.2. The molecule has 0 radical (unpaired) electrons. The van der Waals surface area contributed by atoms with Crippen LogP contribution < -0.4 is 27.4 Å². The first kappa shape index (κ1) is 30.0. The van der Waals surface area contributed by atoms with E-state index in [9.17, 15) is 4.79 Å². The first-order chi connectivity index (χ1) is 17.3. The van der Waals surface area contributed by atoms with Crippen LogP contribution in [0.25, 0.3) is 0 Å². The van der Waals surface area contributed by atoms with Gasteiger partial charge >= 0.3 is 0 Å². The quantitative estimate of drug-likeness (QED) is 0.152. The average Bonchev–Trinajstić information content (AvgIpc) is 2.84. The van der Waals surface area contributed by atoms with Gasteiger partial charge in [0.2, 0.25) is 5.91 Å². The maximum absolute atomic E-state index is 13.7. The zero-order chi connectivity index (χ0) is 26.0. The third-order valence-electron chi connectivity index (χ3n) is 8.30. The summed E-state index contributed by atoms with van der Waals surface area (Å²) in [5.74, 6) is -0.618. The van der Waals surface area contributed by atoms with Crippen LogP contribution in [-0.2, 0) is 14.3 Å². The van der Waals surface area contributed by atoms with E-state index in [2.05, 4.69) is 20.9 Å². The van der Waals surface area contributed by atoms with Crippen molar-refractivity contribution in [2.24, 2.45) is 22.8 Å². The summed E-state index contributed by atoms with van der Waals surface area (Å²) in [6, 6.07) is -0.224. The van der Waals surface area contributed by atoms with Crippen molar-refractivity contribution in [3.05, 3.63) is 0 Å². The number of nitrogens with one attached hydrogen (secondary N) is 3. The van der Waals surface area contributed by atoms with Crippen molar-refractivity contribution in [1.82, 2.24) is 20.9 Å². The zero-order valence-corrected chi connectivity index (χ0v) is 23.2. The molecule has 10 heteroatoms. The minimum Gasteiger partial charge on any atom is -0.378 e. The molecule has 210 valence electrons. The molecule has 0 aromatic rings. The number of ether oxygens (including phenoxy) is 2. The Kier molecular flexibility index (Phi) is 12.7. The Morgan fingerprint density at radius 1 is 1.11 bits per heavy atom. The molecule has 3 rings (SSSR count). The molecule has 1 aliphatic carbocycles. The summed E-state index contributed by atoms with van der Waals surface area (Å²) in [6.07, 6.45) is 9.25. The van der Waals surface area contributed by atoms with Gasteiger partial charge in [-0.05, 0) is 64.6 Å². The minimum atomic E-state index is -0.752. The van der Waals surface area contributed by atoms with E-state index >= 15 is 0 Å². The molecule has 2 heterocycles. The van der Waals surface area contributed by atoms with Gasteiger partial charge in [-0.3, -0.25) is 4.79 Å². The Balaban J connectivity index is 1.60. The molecule has 0 aromatic carbocycles. The van der Waals surface area contributed by atoms with Crippen LogP contribution in [0.4, 0.5) is 0 Å². The van der Waals surface area contributed by atoms with E-state index in [1.807, 2.05) is 14.1 Å². The second-order valence-electron chi connectivity index (χ2n) is 11.5. The van der Waals surface area contributed by atoms with Gasteiger partial charge in [-0.25, -0.2) is 0 Å². The van der Waals surface area contributed by atoms with E-state index in [4.69, 9.17) is 32.5 Å². The highest BCUT2D eigenvalue weighted by molar-refractivity contribution is 6.20. The molecule has 36 heavy (non-hydrogen) atoms. The van der Waals surface area contributed by atoms with E-state index in [-0.39, 0.29) is 34.9 Å². The normalized spacial score (nSPS) is 30.2. The number of carbonyl (C=O) groups is 1. The van der Waals surface area contributed by atoms with Crippen LogP contribution in [0.5, 0.6) is 0 Å². The first-order valence-corrected chi connectivity index (χ1v) is 14.5. The standard InChI is InChI=1S/C26H51ClN6O3/c1-33(2)12-13-35-14-15-36-22-7-11-30-18-21(22)32-25(34)23(24(28)29)20-16-26(8-4-3-5-9-26)10-6-19(27)17-31-20/h19-24,30-31H,3-18,28-29H2,1-2H3,(H,32,34). The van der Waals surface area contributed by atoms with Crippen LogP contribution in [0.3, 0.4) is 0 Å². The van der Waals surface area contributed by atoms with E-state index in [1.165, 1.54) is 32.1 Å². The number of rotatable bonds is 11. The van der Waals surface area contributed by atoms with Crippen molar-refractivity contribution in [3.8, 4) is 0 Å². The van der Waals surface area contributed by atoms with Gasteiger partial charge in [0, 0.05) is 31.1 Å². The third kappa shape index (κ3) is 9.34. The van der Waals surface area contributed by atoms with Gasteiger partial charge in [0.15, 0.2) is 0 Å². The van der Waals surface area contributed by atoms with Crippen molar-refractivity contribution in [3.63, 3.8) is 0 Å². The highest BCUT2D eigenvalue weighted by Crippen LogP contribution is 2.46. The zero-order valence-electron chi connectivity index (χ0n) is 22.5. The Labute approximate surface area is 223 Å². The number of hydrogen-bond donors (Lipinski definition) is 5. The molecule has 5 atom stereocenters. The molecule has 1 saturated carbocycles. The molecule has 9 nitrogen and oxygen atoms in total. The lowest BCUT2D eigenvalue weighted by atomic mass is 9.65. The molecule has 5 unspecified atom stereocenters. The smallest absolute Gasteiger partial charge is 0.227 e. The molecule has 7 N–H and O–H groups in total. The van der Waals surface area contributed by atoms with Crippen LogP contribution >= 0.6 is 11.6 Å². The van der Waals surface area contributed by atoms with Crippen molar-refractivity contribution >= 4 is 17.5 Å². The van der Waals surface area contributed by atoms with Crippen LogP contribution in [0, 0.1) is 11.3 Å². The fourth-order valence-electron chi connectivity index (χ4n) is 6.18. The third-order valence-corrected chi connectivity index (χ3v) is 8.67. The topological polar surface area (TPSA) is 127 Å². The summed E-state index contributed by atoms with van der Waals surface area (Å²) < 4.78 is 11.8. The number of halogens is 1. The highest BCUT2D eigenvalue weighted by atomic mass is 35.5. The summed E-state index contributed by atoms with van der Waals surface area (Å²) >= 11 is 6.63. The molecular formula is C26H51ClN6O3. The van der Waals surface area contributed by atoms with Crippen LogP contribution in [0.1, 0.15) is 57.8 Å². The first-order valence-electron chi connectivity index (χ1n) is 14.0. The van der Waals surface area contributed by atoms with Gasteiger partial charge in [0.05, 0.1) is 44.1 Å². The van der Waals surface area contributed by atoms with Crippen molar-refractivity contribution in [2.75, 3.05) is 60.1 Å². The molecule has 1 amide bonds. The van der Waals surface area contributed by atoms with E-state index in [0.29, 0.717) is 32.9 Å². The van der Waals surface area contributed by atoms with Crippen LogP contribution in [0.2, 0.25) is 0 Å². The Morgan fingerprint density at radius 2 is 1.89 bits per heavy atom.